The number of hydrogen-bond acceptors (Lipinski definition) is 6. The van der Waals surface area contributed by atoms with E-state index in [1.165, 1.54) is 45.9 Å². The largest absolute Gasteiger partial charge is 0.398 e. The van der Waals surface area contributed by atoms with Crippen molar-refractivity contribution >= 4 is 17.0 Å². The summed E-state index contributed by atoms with van der Waals surface area (Å²) in [4.78, 5) is 26.3. The van der Waals surface area contributed by atoms with E-state index in [1.807, 2.05) is 0 Å². The maximum absolute atomic E-state index is 12.1. The molecule has 0 atom stereocenters. The van der Waals surface area contributed by atoms with Gasteiger partial charge in [-0.25, -0.2) is 13.9 Å². The fourth-order valence-corrected chi connectivity index (χ4v) is 1.99. The number of nitro groups is 1. The molecule has 0 spiro atoms. The van der Waals surface area contributed by atoms with Crippen LogP contribution in [0.3, 0.4) is 0 Å². The molecule has 0 saturated heterocycles. The highest BCUT2D eigenvalue weighted by molar-refractivity contribution is 5.52. The lowest BCUT2D eigenvalue weighted by atomic mass is 10.1. The van der Waals surface area contributed by atoms with Gasteiger partial charge in [-0.15, -0.1) is 5.10 Å². The van der Waals surface area contributed by atoms with Gasteiger partial charge in [-0.1, -0.05) is 0 Å². The van der Waals surface area contributed by atoms with Gasteiger partial charge in [-0.2, -0.15) is 0 Å². The third kappa shape index (κ3) is 2.20. The fraction of sp³-hybridized carbons (Fsp3) is 0.0833. The van der Waals surface area contributed by atoms with Gasteiger partial charge in [0.1, 0.15) is 0 Å². The van der Waals surface area contributed by atoms with Crippen molar-refractivity contribution in [2.75, 3.05) is 5.73 Å². The topological polar surface area (TPSA) is 121 Å². The van der Waals surface area contributed by atoms with Crippen molar-refractivity contribution in [1.29, 1.82) is 0 Å². The minimum absolute atomic E-state index is 0.0496. The predicted octanol–water partition coefficient (Wildman–Crippen LogP) is 0.430. The summed E-state index contributed by atoms with van der Waals surface area (Å²) in [5, 5.41) is 14.9. The molecule has 106 valence electrons. The molecular weight excluding hydrogens is 276 g/mol. The minimum Gasteiger partial charge on any atom is -0.398 e. The second-order valence-corrected chi connectivity index (χ2v) is 4.38. The number of benzene rings is 1. The number of rotatable bonds is 3. The second kappa shape index (κ2) is 4.71. The van der Waals surface area contributed by atoms with Crippen molar-refractivity contribution in [3.05, 3.63) is 63.0 Å². The molecule has 2 N–H and O–H groups in total. The molecule has 0 aliphatic heterocycles. The normalized spacial score (nSPS) is 10.9. The predicted molar refractivity (Wildman–Crippen MR) is 73.9 cm³/mol. The second-order valence-electron chi connectivity index (χ2n) is 4.38. The van der Waals surface area contributed by atoms with Crippen LogP contribution in [0.4, 0.5) is 11.4 Å². The molecule has 9 heteroatoms. The number of nitrogens with zero attached hydrogens (tertiary/aromatic N) is 5. The molecule has 3 rings (SSSR count). The van der Waals surface area contributed by atoms with Gasteiger partial charge in [-0.3, -0.25) is 15.1 Å². The first-order valence-electron chi connectivity index (χ1n) is 5.98. The molecule has 0 radical (unpaired) electrons. The first-order valence-corrected chi connectivity index (χ1v) is 5.98. The monoisotopic (exact) mass is 286 g/mol. The van der Waals surface area contributed by atoms with Gasteiger partial charge in [0.2, 0.25) is 0 Å². The average Bonchev–Trinajstić information content (AvgIpc) is 2.78. The van der Waals surface area contributed by atoms with Gasteiger partial charge in [-0.05, 0) is 6.07 Å². The van der Waals surface area contributed by atoms with Gasteiger partial charge in [0, 0.05) is 35.8 Å². The Hall–Kier alpha value is -3.23. The van der Waals surface area contributed by atoms with Gasteiger partial charge in [0.05, 0.1) is 17.7 Å². The summed E-state index contributed by atoms with van der Waals surface area (Å²) >= 11 is 0. The van der Waals surface area contributed by atoms with Crippen LogP contribution in [0.2, 0.25) is 0 Å². The van der Waals surface area contributed by atoms with Crippen molar-refractivity contribution in [1.82, 2.24) is 19.2 Å². The summed E-state index contributed by atoms with van der Waals surface area (Å²) in [5.74, 6) is 0. The Morgan fingerprint density at radius 1 is 1.38 bits per heavy atom. The van der Waals surface area contributed by atoms with Gasteiger partial charge >= 0.3 is 5.69 Å². The Balaban J connectivity index is 2.06. The summed E-state index contributed by atoms with van der Waals surface area (Å²) in [5.41, 5.74) is 6.57. The molecule has 9 nitrogen and oxygen atoms in total. The highest BCUT2D eigenvalue weighted by Gasteiger charge is 2.12. The summed E-state index contributed by atoms with van der Waals surface area (Å²) in [7, 11) is 0. The molecule has 0 aliphatic carbocycles. The van der Waals surface area contributed by atoms with E-state index in [-0.39, 0.29) is 17.9 Å². The first-order chi connectivity index (χ1) is 10.1. The Labute approximate surface area is 117 Å². The zero-order chi connectivity index (χ0) is 15.0. The average molecular weight is 286 g/mol. The molecule has 0 unspecified atom stereocenters. The van der Waals surface area contributed by atoms with Crippen LogP contribution in [0, 0.1) is 10.1 Å². The summed E-state index contributed by atoms with van der Waals surface area (Å²) < 4.78 is 2.52. The molecule has 0 fully saturated rings. The summed E-state index contributed by atoms with van der Waals surface area (Å²) in [6.45, 7) is 0.0496. The lowest BCUT2D eigenvalue weighted by Gasteiger charge is -2.04. The van der Waals surface area contributed by atoms with E-state index in [1.54, 1.807) is 0 Å². The van der Waals surface area contributed by atoms with Crippen molar-refractivity contribution < 1.29 is 4.92 Å². The number of fused-ring (bicyclic) bond motifs is 1. The maximum Gasteiger partial charge on any atom is 0.350 e. The highest BCUT2D eigenvalue weighted by Crippen LogP contribution is 2.20. The van der Waals surface area contributed by atoms with Crippen LogP contribution in [0.1, 0.15) is 5.56 Å². The van der Waals surface area contributed by atoms with Crippen LogP contribution in [-0.2, 0) is 6.54 Å². The third-order valence-corrected chi connectivity index (χ3v) is 3.05. The van der Waals surface area contributed by atoms with Crippen LogP contribution >= 0.6 is 0 Å². The van der Waals surface area contributed by atoms with Crippen molar-refractivity contribution in [3.8, 4) is 0 Å². The molecule has 0 saturated carbocycles. The number of nitro benzene ring substituents is 1. The van der Waals surface area contributed by atoms with Crippen molar-refractivity contribution in [2.24, 2.45) is 0 Å². The van der Waals surface area contributed by atoms with Crippen molar-refractivity contribution in [3.63, 3.8) is 0 Å². The molecule has 3 aromatic rings. The van der Waals surface area contributed by atoms with Gasteiger partial charge in [0.25, 0.3) is 5.69 Å². The molecule has 0 bridgehead atoms. The lowest BCUT2D eigenvalue weighted by molar-refractivity contribution is -0.384. The highest BCUT2D eigenvalue weighted by atomic mass is 16.6. The van der Waals surface area contributed by atoms with Gasteiger partial charge < -0.3 is 5.73 Å². The van der Waals surface area contributed by atoms with E-state index in [9.17, 15) is 14.9 Å². The van der Waals surface area contributed by atoms with Crippen LogP contribution < -0.4 is 11.4 Å². The number of aromatic nitrogens is 4. The van der Waals surface area contributed by atoms with E-state index in [0.717, 1.165) is 0 Å². The zero-order valence-corrected chi connectivity index (χ0v) is 10.7. The van der Waals surface area contributed by atoms with Crippen LogP contribution in [0.5, 0.6) is 0 Å². The number of hydrogen-bond donors (Lipinski definition) is 1. The summed E-state index contributed by atoms with van der Waals surface area (Å²) in [6.07, 6.45) is 4.43. The standard InChI is InChI=1S/C12H10N6O3/c13-10-2-1-9(18(20)21)5-8(10)7-17-12(19)16-4-3-14-6-11(16)15-17/h1-6H,7,13H2. The van der Waals surface area contributed by atoms with E-state index >= 15 is 0 Å². The lowest BCUT2D eigenvalue weighted by Crippen LogP contribution is -2.22. The molecule has 0 amide bonds. The Kier molecular flexibility index (Phi) is 2.87. The molecule has 21 heavy (non-hydrogen) atoms. The maximum atomic E-state index is 12.1. The van der Waals surface area contributed by atoms with Crippen LogP contribution in [0.25, 0.3) is 5.65 Å². The van der Waals surface area contributed by atoms with Crippen molar-refractivity contribution in [2.45, 2.75) is 6.54 Å². The van der Waals surface area contributed by atoms with Crippen LogP contribution in [-0.4, -0.2) is 24.1 Å². The molecule has 2 aromatic heterocycles. The van der Waals surface area contributed by atoms with E-state index < -0.39 is 4.92 Å². The van der Waals surface area contributed by atoms with Gasteiger partial charge in [0.15, 0.2) is 5.65 Å². The zero-order valence-electron chi connectivity index (χ0n) is 10.7. The first kappa shape index (κ1) is 12.8. The van der Waals surface area contributed by atoms with Crippen LogP contribution in [0.15, 0.2) is 41.6 Å². The number of nitrogens with two attached hydrogens (primary N) is 1. The Bertz CT molecular complexity index is 897. The smallest absolute Gasteiger partial charge is 0.350 e. The minimum atomic E-state index is -0.515. The van der Waals surface area contributed by atoms with E-state index in [2.05, 4.69) is 10.1 Å². The molecular formula is C12H10N6O3. The SMILES string of the molecule is Nc1ccc([N+](=O)[O-])cc1Cn1nc2cnccn2c1=O. The number of anilines is 1. The quantitative estimate of drug-likeness (QED) is 0.423. The summed E-state index contributed by atoms with van der Waals surface area (Å²) in [6, 6.07) is 4.09. The van der Waals surface area contributed by atoms with E-state index in [0.29, 0.717) is 16.9 Å². The Morgan fingerprint density at radius 2 is 2.19 bits per heavy atom. The van der Waals surface area contributed by atoms with E-state index in [4.69, 9.17) is 5.73 Å². The number of nitrogen functional groups attached to an aromatic ring is 1. The molecule has 0 aliphatic rings. The molecule has 2 heterocycles. The Morgan fingerprint density at radius 3 is 2.90 bits per heavy atom. The number of non-ortho nitro benzene ring substituents is 1. The third-order valence-electron chi connectivity index (χ3n) is 3.05. The fourth-order valence-electron chi connectivity index (χ4n) is 1.99. The molecule has 1 aromatic carbocycles.